The van der Waals surface area contributed by atoms with E-state index in [1.165, 1.54) is 0 Å². The van der Waals surface area contributed by atoms with E-state index >= 15 is 0 Å². The molecule has 0 amide bonds. The molecule has 36 atom stereocenters. The van der Waals surface area contributed by atoms with E-state index in [2.05, 4.69) is 27.7 Å². The first-order chi connectivity index (χ1) is 40.4. The van der Waals surface area contributed by atoms with Crippen molar-refractivity contribution >= 4 is 5.78 Å². The van der Waals surface area contributed by atoms with Crippen LogP contribution in [0.15, 0.2) is 0 Å². The zero-order valence-electron chi connectivity index (χ0n) is 48.4. The molecular weight excluding hydrogens is 1130 g/mol. The van der Waals surface area contributed by atoms with Gasteiger partial charge >= 0.3 is 0 Å². The quantitative estimate of drug-likeness (QED) is 0.0725. The van der Waals surface area contributed by atoms with Gasteiger partial charge in [-0.25, -0.2) is 0 Å². The molecule has 0 radical (unpaired) electrons. The van der Waals surface area contributed by atoms with Crippen LogP contribution in [0.1, 0.15) is 91.9 Å². The number of hydrogen-bond donors (Lipinski definition) is 15. The van der Waals surface area contributed by atoms with Crippen molar-refractivity contribution < 1.29 is 138 Å². The number of ketones is 1. The molecule has 15 N–H and O–H groups in total. The van der Waals surface area contributed by atoms with Crippen LogP contribution in [0.2, 0.25) is 0 Å². The highest BCUT2D eigenvalue weighted by Crippen LogP contribution is 2.69. The van der Waals surface area contributed by atoms with E-state index in [9.17, 15) is 81.4 Å². The van der Waals surface area contributed by atoms with Gasteiger partial charge in [0.1, 0.15) is 122 Å². The molecule has 11 rings (SSSR count). The third-order valence-corrected chi connectivity index (χ3v) is 22.3. The van der Waals surface area contributed by atoms with E-state index < -0.39 is 198 Å². The largest absolute Gasteiger partial charge is 0.394 e. The minimum absolute atomic E-state index is 0.0209. The van der Waals surface area contributed by atoms with Crippen LogP contribution in [0.25, 0.3) is 0 Å². The number of fused-ring (bicyclic) bond motifs is 7. The van der Waals surface area contributed by atoms with Crippen molar-refractivity contribution in [1.29, 1.82) is 0 Å². The van der Waals surface area contributed by atoms with Crippen LogP contribution in [-0.4, -0.2) is 287 Å². The van der Waals surface area contributed by atoms with Gasteiger partial charge in [-0.2, -0.15) is 0 Å². The molecule has 0 aromatic carbocycles. The first kappa shape index (κ1) is 65.1. The molecule has 4 aliphatic carbocycles. The predicted octanol–water partition coefficient (Wildman–Crippen LogP) is -4.88. The molecule has 11 aliphatic rings. The standard InChI is InChI=1S/C57H92O28/c1-21-9-12-57(75-19-21)22(2)35-29(85-57)8-7-26-25-6-5-23-13-24(10-11-55(23,3)27(25)14-34(63)56(26,35)4)76-51-44(72)41(69)46(33(18-61)80-51)81-54-49(48(39(67)32(17-60)79-54)83-52-43(71)40(68)37(65)30(15-58)77-52)84-53-45(73)47(38(66)31(16-59)78-53)82-50-42(70)36(64)28(62)20-74-50/h21-33,35-54,58-62,64-73H,5-20H2,1-4H3. The smallest absolute Gasteiger partial charge is 0.187 e. The summed E-state index contributed by atoms with van der Waals surface area (Å²) in [5.74, 6) is 1.16. The maximum Gasteiger partial charge on any atom is 0.187 e. The molecule has 85 heavy (non-hydrogen) atoms. The molecule has 0 bridgehead atoms. The predicted molar refractivity (Wildman–Crippen MR) is 280 cm³/mol. The van der Waals surface area contributed by atoms with Gasteiger partial charge in [-0.1, -0.05) is 27.7 Å². The molecule has 0 aromatic rings. The number of ether oxygens (including phenoxy) is 12. The van der Waals surface area contributed by atoms with Crippen molar-refractivity contribution in [2.24, 2.45) is 52.3 Å². The van der Waals surface area contributed by atoms with Gasteiger partial charge in [0.15, 0.2) is 37.2 Å². The Kier molecular flexibility index (Phi) is 19.6. The fourth-order valence-corrected chi connectivity index (χ4v) is 17.3. The lowest BCUT2D eigenvalue weighted by atomic mass is 9.40. The van der Waals surface area contributed by atoms with Crippen LogP contribution in [0.5, 0.6) is 0 Å². The van der Waals surface area contributed by atoms with Gasteiger partial charge in [0.25, 0.3) is 0 Å². The third-order valence-electron chi connectivity index (χ3n) is 22.3. The number of aliphatic hydroxyl groups is 15. The average Bonchev–Trinajstić information content (AvgIpc) is 1.82. The van der Waals surface area contributed by atoms with Gasteiger partial charge in [0, 0.05) is 30.1 Å². The second-order valence-corrected chi connectivity index (χ2v) is 26.9. The molecule has 7 aliphatic heterocycles. The number of carbonyl (C=O) groups is 1. The summed E-state index contributed by atoms with van der Waals surface area (Å²) in [5.41, 5.74) is -0.716. The highest BCUT2D eigenvalue weighted by atomic mass is 16.8. The normalized spacial score (nSPS) is 56.5. The monoisotopic (exact) mass is 1220 g/mol. The number of carbonyl (C=O) groups excluding carboxylic acids is 1. The minimum Gasteiger partial charge on any atom is -0.394 e. The fourth-order valence-electron chi connectivity index (χ4n) is 17.3. The van der Waals surface area contributed by atoms with E-state index in [-0.39, 0.29) is 41.1 Å². The Morgan fingerprint density at radius 2 is 1.08 bits per heavy atom. The highest BCUT2D eigenvalue weighted by molar-refractivity contribution is 5.87. The first-order valence-corrected chi connectivity index (χ1v) is 30.7. The van der Waals surface area contributed by atoms with Crippen molar-refractivity contribution in [3.63, 3.8) is 0 Å². The molecule has 1 spiro atoms. The second kappa shape index (κ2) is 25.6. The summed E-state index contributed by atoms with van der Waals surface area (Å²) in [5, 5.41) is 164. The summed E-state index contributed by atoms with van der Waals surface area (Å²) in [4.78, 5) is 14.9. The fraction of sp³-hybridized carbons (Fsp3) is 0.982. The maximum absolute atomic E-state index is 14.9. The molecule has 36 unspecified atom stereocenters. The summed E-state index contributed by atoms with van der Waals surface area (Å²) < 4.78 is 73.2. The number of hydrogen-bond acceptors (Lipinski definition) is 28. The van der Waals surface area contributed by atoms with Crippen molar-refractivity contribution in [2.75, 3.05) is 39.6 Å². The van der Waals surface area contributed by atoms with Gasteiger partial charge < -0.3 is 133 Å². The highest BCUT2D eigenvalue weighted by Gasteiger charge is 2.70. The molecule has 488 valence electrons. The zero-order chi connectivity index (χ0) is 60.9. The zero-order valence-corrected chi connectivity index (χ0v) is 48.4. The van der Waals surface area contributed by atoms with Gasteiger partial charge in [-0.15, -0.1) is 0 Å². The van der Waals surface area contributed by atoms with Crippen LogP contribution >= 0.6 is 0 Å². The summed E-state index contributed by atoms with van der Waals surface area (Å²) in [6.45, 7) is 5.33. The topological polar surface area (TPSA) is 431 Å². The molecular formula is C57H92O28. The van der Waals surface area contributed by atoms with E-state index in [0.717, 1.165) is 44.9 Å². The Morgan fingerprint density at radius 3 is 1.75 bits per heavy atom. The van der Waals surface area contributed by atoms with Crippen LogP contribution in [-0.2, 0) is 61.6 Å². The van der Waals surface area contributed by atoms with Crippen LogP contribution in [0.4, 0.5) is 0 Å². The maximum atomic E-state index is 14.9. The molecule has 28 nitrogen and oxygen atoms in total. The lowest BCUT2D eigenvalue weighted by molar-refractivity contribution is -0.410. The Hall–Kier alpha value is -1.41. The number of aliphatic hydroxyl groups excluding tert-OH is 15. The molecule has 7 heterocycles. The average molecular weight is 1230 g/mol. The second-order valence-electron chi connectivity index (χ2n) is 26.9. The van der Waals surface area contributed by atoms with E-state index in [1.54, 1.807) is 0 Å². The Bertz CT molecular complexity index is 2250. The summed E-state index contributed by atoms with van der Waals surface area (Å²) in [6.07, 6.45) is -37.4. The van der Waals surface area contributed by atoms with E-state index in [4.69, 9.17) is 56.8 Å². The third kappa shape index (κ3) is 11.4. The van der Waals surface area contributed by atoms with Crippen LogP contribution in [0, 0.1) is 52.3 Å². The van der Waals surface area contributed by atoms with Gasteiger partial charge in [-0.05, 0) is 86.4 Å². The Morgan fingerprint density at radius 1 is 0.506 bits per heavy atom. The lowest BCUT2D eigenvalue weighted by Gasteiger charge is -2.63. The van der Waals surface area contributed by atoms with Crippen LogP contribution < -0.4 is 0 Å². The molecule has 0 aromatic heterocycles. The number of rotatable bonds is 14. The number of Topliss-reactive ketones (excluding diaryl/α,β-unsaturated/α-hetero) is 1. The molecule has 4 saturated carbocycles. The van der Waals surface area contributed by atoms with Crippen molar-refractivity contribution in [3.05, 3.63) is 0 Å². The van der Waals surface area contributed by atoms with Gasteiger partial charge in [0.05, 0.1) is 51.8 Å². The minimum atomic E-state index is -2.16. The Labute approximate surface area is 492 Å². The Balaban J connectivity index is 0.795. The van der Waals surface area contributed by atoms with Crippen LogP contribution in [0.3, 0.4) is 0 Å². The summed E-state index contributed by atoms with van der Waals surface area (Å²) >= 11 is 0. The molecule has 28 heteroatoms. The van der Waals surface area contributed by atoms with Crippen molar-refractivity contribution in [2.45, 2.75) is 257 Å². The summed E-state index contributed by atoms with van der Waals surface area (Å²) in [6, 6.07) is 0. The summed E-state index contributed by atoms with van der Waals surface area (Å²) in [7, 11) is 0. The van der Waals surface area contributed by atoms with E-state index in [0.29, 0.717) is 43.5 Å². The lowest BCUT2D eigenvalue weighted by Crippen LogP contribution is -2.69. The SMILES string of the molecule is CC1CCC2(OC1)OC1CCC3C4CCC5CC(OC6OC(CO)C(OC7OC(CO)C(O)C(OC8OC(CO)C(O)C(O)C8O)C7OC7OC(CO)C(O)C(OC8OCC(O)C(O)C8O)C7O)C(O)C6O)CCC5(C)C4CC(=O)C3(C)C1C2C. The van der Waals surface area contributed by atoms with Crippen molar-refractivity contribution in [1.82, 2.24) is 0 Å². The van der Waals surface area contributed by atoms with E-state index in [1.807, 2.05) is 0 Å². The van der Waals surface area contributed by atoms with Crippen molar-refractivity contribution in [3.8, 4) is 0 Å². The molecule has 7 saturated heterocycles. The van der Waals surface area contributed by atoms with Gasteiger partial charge in [-0.3, -0.25) is 4.79 Å². The molecule has 11 fully saturated rings. The first-order valence-electron chi connectivity index (χ1n) is 30.7. The van der Waals surface area contributed by atoms with Gasteiger partial charge in [0.2, 0.25) is 0 Å².